The predicted molar refractivity (Wildman–Crippen MR) is 105 cm³/mol. The van der Waals surface area contributed by atoms with Gasteiger partial charge in [-0.15, -0.1) is 0 Å². The maximum atomic E-state index is 12.9. The van der Waals surface area contributed by atoms with Crippen LogP contribution < -0.4 is 11.2 Å². The van der Waals surface area contributed by atoms with Crippen LogP contribution in [0.15, 0.2) is 62.8 Å². The second-order valence-electron chi connectivity index (χ2n) is 7.16. The van der Waals surface area contributed by atoms with Crippen molar-refractivity contribution in [3.8, 4) is 0 Å². The number of likely N-dealkylation sites (tertiary alicyclic amines) is 1. The third kappa shape index (κ3) is 4.37. The molecule has 29 heavy (non-hydrogen) atoms. The Morgan fingerprint density at radius 2 is 2.00 bits per heavy atom. The molecule has 1 atom stereocenters. The summed E-state index contributed by atoms with van der Waals surface area (Å²) in [5.41, 5.74) is 0.0465. The molecule has 150 valence electrons. The Morgan fingerprint density at radius 1 is 1.17 bits per heavy atom. The van der Waals surface area contributed by atoms with Crippen molar-refractivity contribution in [3.63, 3.8) is 0 Å². The second-order valence-corrected chi connectivity index (χ2v) is 7.16. The molecule has 1 aliphatic rings. The van der Waals surface area contributed by atoms with E-state index in [-0.39, 0.29) is 18.5 Å². The number of amides is 1. The van der Waals surface area contributed by atoms with Gasteiger partial charge >= 0.3 is 5.69 Å². The summed E-state index contributed by atoms with van der Waals surface area (Å²) >= 11 is 0. The zero-order valence-electron chi connectivity index (χ0n) is 15.9. The molecular formula is C21H22N4O4. The number of rotatable bonds is 5. The van der Waals surface area contributed by atoms with E-state index >= 15 is 0 Å². The lowest BCUT2D eigenvalue weighted by Crippen LogP contribution is -2.42. The minimum absolute atomic E-state index is 0.135. The lowest BCUT2D eigenvalue weighted by Gasteiger charge is -2.33. The summed E-state index contributed by atoms with van der Waals surface area (Å²) in [6.45, 7) is 0.446. The average molecular weight is 394 g/mol. The first-order valence-corrected chi connectivity index (χ1v) is 9.68. The lowest BCUT2D eigenvalue weighted by atomic mass is 10.0. The van der Waals surface area contributed by atoms with Crippen LogP contribution in [0, 0.1) is 0 Å². The number of oxazole rings is 1. The fourth-order valence-corrected chi connectivity index (χ4v) is 3.65. The summed E-state index contributed by atoms with van der Waals surface area (Å²) in [5.74, 6) is 1.07. The van der Waals surface area contributed by atoms with Crippen molar-refractivity contribution in [2.75, 3.05) is 6.54 Å². The minimum atomic E-state index is -0.597. The summed E-state index contributed by atoms with van der Waals surface area (Å²) in [7, 11) is 0. The van der Waals surface area contributed by atoms with Gasteiger partial charge < -0.3 is 9.32 Å². The molecule has 0 spiro atoms. The van der Waals surface area contributed by atoms with Crippen molar-refractivity contribution in [1.29, 1.82) is 0 Å². The van der Waals surface area contributed by atoms with E-state index in [0.717, 1.165) is 30.6 Å². The van der Waals surface area contributed by atoms with Gasteiger partial charge in [0.2, 0.25) is 11.8 Å². The van der Waals surface area contributed by atoms with Crippen molar-refractivity contribution < 1.29 is 9.21 Å². The summed E-state index contributed by atoms with van der Waals surface area (Å²) < 4.78 is 7.18. The van der Waals surface area contributed by atoms with Crippen LogP contribution in [0.1, 0.15) is 42.5 Å². The molecule has 0 bridgehead atoms. The summed E-state index contributed by atoms with van der Waals surface area (Å²) in [5, 5.41) is 0. The van der Waals surface area contributed by atoms with Crippen LogP contribution >= 0.6 is 0 Å². The number of piperidine rings is 1. The first kappa shape index (κ1) is 18.9. The zero-order valence-corrected chi connectivity index (χ0v) is 15.9. The molecule has 8 nitrogen and oxygen atoms in total. The van der Waals surface area contributed by atoms with Crippen molar-refractivity contribution in [2.24, 2.45) is 0 Å². The van der Waals surface area contributed by atoms with Gasteiger partial charge in [0.15, 0.2) is 0 Å². The van der Waals surface area contributed by atoms with E-state index in [0.29, 0.717) is 18.9 Å². The molecule has 0 saturated carbocycles. The first-order chi connectivity index (χ1) is 14.1. The number of aromatic amines is 1. The number of carbonyl (C=O) groups excluding carboxylic acids is 1. The fourth-order valence-electron chi connectivity index (χ4n) is 3.65. The Balaban J connectivity index is 1.51. The topological polar surface area (TPSA) is 101 Å². The third-order valence-electron chi connectivity index (χ3n) is 5.10. The van der Waals surface area contributed by atoms with Gasteiger partial charge in [-0.05, 0) is 24.8 Å². The van der Waals surface area contributed by atoms with Crippen LogP contribution in [0.3, 0.4) is 0 Å². The highest BCUT2D eigenvalue weighted by atomic mass is 16.4. The maximum Gasteiger partial charge on any atom is 0.328 e. The SMILES string of the molecule is O=C(Cn1ccc(=O)[nH]c1=O)N1CCCCC1c1ncc(Cc2ccccc2)o1. The number of nitrogens with zero attached hydrogens (tertiary/aromatic N) is 3. The number of carbonyl (C=O) groups is 1. The van der Waals surface area contributed by atoms with Gasteiger partial charge in [-0.1, -0.05) is 30.3 Å². The zero-order chi connectivity index (χ0) is 20.2. The molecule has 1 aliphatic heterocycles. The van der Waals surface area contributed by atoms with E-state index < -0.39 is 11.2 Å². The Bertz CT molecular complexity index is 1100. The lowest BCUT2D eigenvalue weighted by molar-refractivity contribution is -0.136. The largest absolute Gasteiger partial charge is 0.443 e. The molecule has 3 aromatic rings. The number of hydrogen-bond donors (Lipinski definition) is 1. The van der Waals surface area contributed by atoms with Crippen LogP contribution in [-0.4, -0.2) is 31.9 Å². The molecule has 1 unspecified atom stereocenters. The van der Waals surface area contributed by atoms with E-state index in [1.807, 2.05) is 30.3 Å². The Kier molecular flexibility index (Phi) is 5.41. The Labute approximate surface area is 166 Å². The molecule has 8 heteroatoms. The van der Waals surface area contributed by atoms with E-state index in [9.17, 15) is 14.4 Å². The second kappa shape index (κ2) is 8.30. The van der Waals surface area contributed by atoms with Crippen molar-refractivity contribution in [3.05, 3.63) is 86.8 Å². The number of hydrogen-bond acceptors (Lipinski definition) is 5. The van der Waals surface area contributed by atoms with Crippen molar-refractivity contribution in [2.45, 2.75) is 38.3 Å². The van der Waals surface area contributed by atoms with Crippen LogP contribution in [0.5, 0.6) is 0 Å². The Morgan fingerprint density at radius 3 is 2.79 bits per heavy atom. The van der Waals surface area contributed by atoms with Crippen LogP contribution in [0.25, 0.3) is 0 Å². The Hall–Kier alpha value is -3.42. The standard InChI is InChI=1S/C21H22N4O4/c26-18-9-11-24(21(28)23-18)14-19(27)25-10-5-4-8-17(25)20-22-13-16(29-20)12-15-6-2-1-3-7-15/h1-3,6-7,9,11,13,17H,4-5,8,10,12,14H2,(H,23,26,28). The average Bonchev–Trinajstić information content (AvgIpc) is 3.19. The first-order valence-electron chi connectivity index (χ1n) is 9.68. The highest BCUT2D eigenvalue weighted by Crippen LogP contribution is 2.31. The van der Waals surface area contributed by atoms with E-state index in [4.69, 9.17) is 4.42 Å². The fraction of sp³-hybridized carbons (Fsp3) is 0.333. The normalized spacial score (nSPS) is 16.7. The molecule has 3 heterocycles. The molecule has 2 aromatic heterocycles. The molecular weight excluding hydrogens is 372 g/mol. The van der Waals surface area contributed by atoms with Crippen LogP contribution in [-0.2, 0) is 17.8 Å². The van der Waals surface area contributed by atoms with Crippen LogP contribution in [0.2, 0.25) is 0 Å². The highest BCUT2D eigenvalue weighted by molar-refractivity contribution is 5.76. The van der Waals surface area contributed by atoms with Crippen LogP contribution in [0.4, 0.5) is 0 Å². The third-order valence-corrected chi connectivity index (χ3v) is 5.10. The predicted octanol–water partition coefficient (Wildman–Crippen LogP) is 1.87. The summed E-state index contributed by atoms with van der Waals surface area (Å²) in [6.07, 6.45) is 6.32. The smallest absolute Gasteiger partial charge is 0.328 e. The number of H-pyrrole nitrogens is 1. The summed E-state index contributed by atoms with van der Waals surface area (Å²) in [4.78, 5) is 44.3. The number of nitrogens with one attached hydrogen (secondary N) is 1. The van der Waals surface area contributed by atoms with Gasteiger partial charge in [-0.25, -0.2) is 9.78 Å². The molecule has 1 amide bonds. The van der Waals surface area contributed by atoms with Gasteiger partial charge in [0, 0.05) is 25.2 Å². The van der Waals surface area contributed by atoms with Gasteiger partial charge in [0.25, 0.3) is 5.56 Å². The maximum absolute atomic E-state index is 12.9. The van der Waals surface area contributed by atoms with E-state index in [1.165, 1.54) is 16.8 Å². The molecule has 1 aromatic carbocycles. The summed E-state index contributed by atoms with van der Waals surface area (Å²) in [6, 6.07) is 11.0. The van der Waals surface area contributed by atoms with E-state index in [2.05, 4.69) is 9.97 Å². The van der Waals surface area contributed by atoms with Gasteiger partial charge in [-0.2, -0.15) is 0 Å². The monoisotopic (exact) mass is 394 g/mol. The van der Waals surface area contributed by atoms with Crippen molar-refractivity contribution >= 4 is 5.91 Å². The highest BCUT2D eigenvalue weighted by Gasteiger charge is 2.31. The molecule has 0 aliphatic carbocycles. The molecule has 4 rings (SSSR count). The quantitative estimate of drug-likeness (QED) is 0.712. The van der Waals surface area contributed by atoms with E-state index in [1.54, 1.807) is 11.1 Å². The van der Waals surface area contributed by atoms with Crippen molar-refractivity contribution in [1.82, 2.24) is 19.4 Å². The molecule has 1 fully saturated rings. The van der Waals surface area contributed by atoms with Gasteiger partial charge in [-0.3, -0.25) is 19.1 Å². The molecule has 1 saturated heterocycles. The molecule has 1 N–H and O–H groups in total. The minimum Gasteiger partial charge on any atom is -0.443 e. The number of aromatic nitrogens is 3. The van der Waals surface area contributed by atoms with Gasteiger partial charge in [0.05, 0.1) is 6.20 Å². The van der Waals surface area contributed by atoms with Gasteiger partial charge in [0.1, 0.15) is 18.3 Å². The molecule has 0 radical (unpaired) electrons. The number of benzene rings is 1.